The average Bonchev–Trinajstić information content (AvgIpc) is 1.72. The van der Waals surface area contributed by atoms with E-state index < -0.39 is 0 Å². The molecule has 0 rings (SSSR count). The van der Waals surface area contributed by atoms with Gasteiger partial charge in [0.15, 0.2) is 0 Å². The molecule has 0 atom stereocenters. The molecule has 0 unspecified atom stereocenters. The highest BCUT2D eigenvalue weighted by atomic mass is 32.1. The van der Waals surface area contributed by atoms with Crippen LogP contribution in [-0.2, 0) is 0 Å². The molecule has 0 aromatic heterocycles. The van der Waals surface area contributed by atoms with E-state index in [4.69, 9.17) is 5.11 Å². The van der Waals surface area contributed by atoms with Crippen LogP contribution in [0.25, 0.3) is 0 Å². The van der Waals surface area contributed by atoms with E-state index in [2.05, 4.69) is 17.5 Å². The fourth-order valence-corrected chi connectivity index (χ4v) is 0.600. The summed E-state index contributed by atoms with van der Waals surface area (Å²) in [4.78, 5) is 2.10. The van der Waals surface area contributed by atoms with E-state index in [0.29, 0.717) is 0 Å². The van der Waals surface area contributed by atoms with Crippen molar-refractivity contribution in [3.05, 3.63) is 0 Å². The van der Waals surface area contributed by atoms with Crippen LogP contribution in [0.1, 0.15) is 0 Å². The van der Waals surface area contributed by atoms with Crippen molar-refractivity contribution in [3.8, 4) is 0 Å². The first-order chi connectivity index (χ1) is 3.77. The van der Waals surface area contributed by atoms with Gasteiger partial charge in [-0.1, -0.05) is 0 Å². The van der Waals surface area contributed by atoms with Crippen LogP contribution in [0, 0.1) is 0 Å². The van der Waals surface area contributed by atoms with Crippen LogP contribution in [0.3, 0.4) is 0 Å². The SMILES string of the molecule is CN(C)CCS.CO. The molecule has 0 spiro atoms. The van der Waals surface area contributed by atoms with Crippen molar-refractivity contribution >= 4 is 12.6 Å². The summed E-state index contributed by atoms with van der Waals surface area (Å²) >= 11 is 4.02. The highest BCUT2D eigenvalue weighted by molar-refractivity contribution is 7.80. The fraction of sp³-hybridized carbons (Fsp3) is 1.00. The minimum Gasteiger partial charge on any atom is -0.400 e. The third-order valence-corrected chi connectivity index (χ3v) is 0.747. The van der Waals surface area contributed by atoms with E-state index in [1.807, 2.05) is 14.1 Å². The number of nitrogens with zero attached hydrogens (tertiary/aromatic N) is 1. The van der Waals surface area contributed by atoms with Crippen molar-refractivity contribution in [3.63, 3.8) is 0 Å². The number of aliphatic hydroxyl groups is 1. The normalized spacial score (nSPS) is 8.25. The highest BCUT2D eigenvalue weighted by Gasteiger charge is 1.80. The molecule has 1 N–H and O–H groups in total. The molecule has 0 fully saturated rings. The molecule has 0 aromatic rings. The second kappa shape index (κ2) is 10.3. The number of hydrogen-bond donors (Lipinski definition) is 2. The molecule has 0 aromatic carbocycles. The van der Waals surface area contributed by atoms with Gasteiger partial charge in [-0.25, -0.2) is 0 Å². The lowest BCUT2D eigenvalue weighted by Crippen LogP contribution is -2.13. The Morgan fingerprint density at radius 3 is 1.75 bits per heavy atom. The van der Waals surface area contributed by atoms with E-state index in [1.54, 1.807) is 0 Å². The van der Waals surface area contributed by atoms with Gasteiger partial charge in [0.05, 0.1) is 0 Å². The lowest BCUT2D eigenvalue weighted by Gasteiger charge is -2.03. The predicted octanol–water partition coefficient (Wildman–Crippen LogP) is 0.0863. The molecule has 3 heteroatoms. The van der Waals surface area contributed by atoms with Gasteiger partial charge in [0, 0.05) is 19.4 Å². The van der Waals surface area contributed by atoms with Crippen LogP contribution in [0.5, 0.6) is 0 Å². The minimum atomic E-state index is 0.951. The van der Waals surface area contributed by atoms with Crippen molar-refractivity contribution in [2.75, 3.05) is 33.5 Å². The van der Waals surface area contributed by atoms with Crippen LogP contribution in [0.4, 0.5) is 0 Å². The van der Waals surface area contributed by atoms with Gasteiger partial charge in [-0.15, -0.1) is 0 Å². The molecule has 0 amide bonds. The van der Waals surface area contributed by atoms with E-state index in [0.717, 1.165) is 19.4 Å². The number of thiol groups is 1. The quantitative estimate of drug-likeness (QED) is 0.527. The van der Waals surface area contributed by atoms with Crippen LogP contribution >= 0.6 is 12.6 Å². The average molecular weight is 137 g/mol. The Morgan fingerprint density at radius 1 is 1.38 bits per heavy atom. The molecule has 0 aliphatic heterocycles. The second-order valence-corrected chi connectivity index (χ2v) is 1.97. The maximum Gasteiger partial charge on any atom is 0.0319 e. The Kier molecular flexibility index (Phi) is 14.3. The van der Waals surface area contributed by atoms with Crippen molar-refractivity contribution < 1.29 is 5.11 Å². The van der Waals surface area contributed by atoms with Gasteiger partial charge in [-0.05, 0) is 14.1 Å². The lowest BCUT2D eigenvalue weighted by molar-refractivity contribution is 0.399. The molecular weight excluding hydrogens is 122 g/mol. The smallest absolute Gasteiger partial charge is 0.0319 e. The van der Waals surface area contributed by atoms with Crippen molar-refractivity contribution in [1.29, 1.82) is 0 Å². The van der Waals surface area contributed by atoms with Gasteiger partial charge in [0.25, 0.3) is 0 Å². The Bertz CT molecular complexity index is 33.6. The van der Waals surface area contributed by atoms with Crippen molar-refractivity contribution in [2.24, 2.45) is 0 Å². The van der Waals surface area contributed by atoms with Crippen molar-refractivity contribution in [2.45, 2.75) is 0 Å². The highest BCUT2D eigenvalue weighted by Crippen LogP contribution is 1.74. The number of hydrogen-bond acceptors (Lipinski definition) is 3. The zero-order valence-electron chi connectivity index (χ0n) is 5.76. The molecular formula is C5H15NOS. The first kappa shape index (κ1) is 11.1. The Morgan fingerprint density at radius 2 is 1.75 bits per heavy atom. The standard InChI is InChI=1S/C4H11NS.CH4O/c1-5(2)3-4-6;1-2/h6H,3-4H2,1-2H3;2H,1H3. The van der Waals surface area contributed by atoms with E-state index in [1.165, 1.54) is 0 Å². The summed E-state index contributed by atoms with van der Waals surface area (Å²) in [6.45, 7) is 1.07. The van der Waals surface area contributed by atoms with Gasteiger partial charge >= 0.3 is 0 Å². The van der Waals surface area contributed by atoms with Gasteiger partial charge < -0.3 is 10.0 Å². The molecule has 0 aliphatic rings. The van der Waals surface area contributed by atoms with E-state index in [-0.39, 0.29) is 0 Å². The van der Waals surface area contributed by atoms with E-state index in [9.17, 15) is 0 Å². The Hall–Kier alpha value is 0.270. The summed E-state index contributed by atoms with van der Waals surface area (Å²) in [5.74, 6) is 0.951. The third kappa shape index (κ3) is 16.3. The molecule has 52 valence electrons. The molecule has 0 aliphatic carbocycles. The third-order valence-electron chi connectivity index (χ3n) is 0.547. The van der Waals surface area contributed by atoms with Gasteiger partial charge in [0.2, 0.25) is 0 Å². The number of rotatable bonds is 2. The fourth-order valence-electron chi connectivity index (χ4n) is 0.200. The molecule has 0 saturated heterocycles. The Balaban J connectivity index is 0. The van der Waals surface area contributed by atoms with E-state index >= 15 is 0 Å². The first-order valence-corrected chi connectivity index (χ1v) is 3.11. The molecule has 0 bridgehead atoms. The summed E-state index contributed by atoms with van der Waals surface area (Å²) in [5.41, 5.74) is 0. The summed E-state index contributed by atoms with van der Waals surface area (Å²) < 4.78 is 0. The van der Waals surface area contributed by atoms with Gasteiger partial charge in [-0.2, -0.15) is 12.6 Å². The summed E-state index contributed by atoms with van der Waals surface area (Å²) in [6.07, 6.45) is 0. The second-order valence-electron chi connectivity index (χ2n) is 1.53. The number of aliphatic hydroxyl groups excluding tert-OH is 1. The summed E-state index contributed by atoms with van der Waals surface area (Å²) in [6, 6.07) is 0. The molecule has 0 radical (unpaired) electrons. The largest absolute Gasteiger partial charge is 0.400 e. The maximum atomic E-state index is 7.00. The van der Waals surface area contributed by atoms with Crippen LogP contribution in [-0.4, -0.2) is 43.5 Å². The Labute approximate surface area is 56.9 Å². The van der Waals surface area contributed by atoms with Crippen LogP contribution in [0.2, 0.25) is 0 Å². The van der Waals surface area contributed by atoms with Gasteiger partial charge in [0.1, 0.15) is 0 Å². The molecule has 2 nitrogen and oxygen atoms in total. The molecule has 0 saturated carbocycles. The summed E-state index contributed by atoms with van der Waals surface area (Å²) in [7, 11) is 5.08. The van der Waals surface area contributed by atoms with Gasteiger partial charge in [-0.3, -0.25) is 0 Å². The lowest BCUT2D eigenvalue weighted by atomic mass is 10.7. The van der Waals surface area contributed by atoms with Crippen molar-refractivity contribution in [1.82, 2.24) is 4.90 Å². The zero-order valence-corrected chi connectivity index (χ0v) is 6.65. The topological polar surface area (TPSA) is 23.5 Å². The molecule has 8 heavy (non-hydrogen) atoms. The first-order valence-electron chi connectivity index (χ1n) is 2.47. The molecule has 0 heterocycles. The maximum absolute atomic E-state index is 7.00. The van der Waals surface area contributed by atoms with Crippen LogP contribution < -0.4 is 0 Å². The monoisotopic (exact) mass is 137 g/mol. The minimum absolute atomic E-state index is 0.951. The zero-order chi connectivity index (χ0) is 6.99. The summed E-state index contributed by atoms with van der Waals surface area (Å²) in [5, 5.41) is 7.00. The van der Waals surface area contributed by atoms with Crippen LogP contribution in [0.15, 0.2) is 0 Å². The predicted molar refractivity (Wildman–Crippen MR) is 40.5 cm³/mol.